The zero-order valence-electron chi connectivity index (χ0n) is 10.5. The molecule has 1 aromatic carbocycles. The van der Waals surface area contributed by atoms with Crippen molar-refractivity contribution in [2.24, 2.45) is 0 Å². The van der Waals surface area contributed by atoms with Gasteiger partial charge >= 0.3 is 5.97 Å². The van der Waals surface area contributed by atoms with Crippen LogP contribution in [-0.2, 0) is 4.74 Å². The fourth-order valence-electron chi connectivity index (χ4n) is 1.50. The van der Waals surface area contributed by atoms with Gasteiger partial charge in [0.25, 0.3) is 5.91 Å². The maximum Gasteiger partial charge on any atom is 0.360 e. The zero-order valence-corrected chi connectivity index (χ0v) is 11.2. The molecule has 20 heavy (non-hydrogen) atoms. The number of methoxy groups -OCH3 is 1. The largest absolute Gasteiger partial charge is 0.464 e. The number of carbonyl (C=O) groups excluding carboxylic acids is 2. The number of hydrogen-bond acceptors (Lipinski definition) is 5. The Morgan fingerprint density at radius 1 is 1.20 bits per heavy atom. The molecule has 1 heterocycles. The summed E-state index contributed by atoms with van der Waals surface area (Å²) in [7, 11) is 1.22. The highest BCUT2D eigenvalue weighted by Crippen LogP contribution is 2.17. The van der Waals surface area contributed by atoms with Crippen molar-refractivity contribution in [3.63, 3.8) is 0 Å². The second kappa shape index (κ2) is 6.12. The van der Waals surface area contributed by atoms with Crippen LogP contribution in [0, 0.1) is 0 Å². The van der Waals surface area contributed by atoms with Crippen molar-refractivity contribution in [3.8, 4) is 0 Å². The first-order valence-electron chi connectivity index (χ1n) is 5.58. The molecule has 7 heteroatoms. The predicted octanol–water partition coefficient (Wildman–Crippen LogP) is 2.17. The van der Waals surface area contributed by atoms with E-state index in [1.54, 1.807) is 24.3 Å². The van der Waals surface area contributed by atoms with E-state index in [0.717, 1.165) is 0 Å². The number of carbonyl (C=O) groups is 2. The lowest BCUT2D eigenvalue weighted by Gasteiger charge is -2.08. The van der Waals surface area contributed by atoms with Crippen molar-refractivity contribution in [3.05, 3.63) is 52.9 Å². The summed E-state index contributed by atoms with van der Waals surface area (Å²) < 4.78 is 4.57. The number of ether oxygens (including phenoxy) is 1. The van der Waals surface area contributed by atoms with E-state index in [1.165, 1.54) is 19.5 Å². The van der Waals surface area contributed by atoms with Gasteiger partial charge in [-0.05, 0) is 12.1 Å². The maximum absolute atomic E-state index is 12.1. The van der Waals surface area contributed by atoms with Gasteiger partial charge in [-0.25, -0.2) is 14.8 Å². The van der Waals surface area contributed by atoms with Crippen LogP contribution in [0.2, 0.25) is 5.02 Å². The number of rotatable bonds is 3. The first kappa shape index (κ1) is 14.0. The molecule has 0 aliphatic carbocycles. The lowest BCUT2D eigenvalue weighted by molar-refractivity contribution is 0.0595. The van der Waals surface area contributed by atoms with E-state index in [2.05, 4.69) is 20.0 Å². The summed E-state index contributed by atoms with van der Waals surface area (Å²) in [5.41, 5.74) is 0.200. The highest BCUT2D eigenvalue weighted by Gasteiger charge is 2.18. The van der Waals surface area contributed by atoms with Gasteiger partial charge in [0.15, 0.2) is 11.5 Å². The number of nitrogens with zero attached hydrogens (tertiary/aromatic N) is 2. The number of hydrogen-bond donors (Lipinski definition) is 1. The Morgan fingerprint density at radius 3 is 2.60 bits per heavy atom. The number of halogens is 1. The zero-order chi connectivity index (χ0) is 14.5. The van der Waals surface area contributed by atoms with E-state index >= 15 is 0 Å². The van der Waals surface area contributed by atoms with Gasteiger partial charge in [-0.15, -0.1) is 0 Å². The quantitative estimate of drug-likeness (QED) is 0.877. The lowest BCUT2D eigenvalue weighted by atomic mass is 10.2. The molecule has 0 fully saturated rings. The summed E-state index contributed by atoms with van der Waals surface area (Å²) in [6.07, 6.45) is 2.69. The molecular weight excluding hydrogens is 282 g/mol. The van der Waals surface area contributed by atoms with Crippen molar-refractivity contribution < 1.29 is 14.3 Å². The Hall–Kier alpha value is -2.47. The highest BCUT2D eigenvalue weighted by molar-refractivity contribution is 6.34. The smallest absolute Gasteiger partial charge is 0.360 e. The van der Waals surface area contributed by atoms with Crippen LogP contribution in [0.3, 0.4) is 0 Å². The predicted molar refractivity (Wildman–Crippen MR) is 72.8 cm³/mol. The van der Waals surface area contributed by atoms with Crippen LogP contribution < -0.4 is 5.32 Å². The number of amides is 1. The van der Waals surface area contributed by atoms with Gasteiger partial charge in [0, 0.05) is 12.4 Å². The minimum atomic E-state index is -0.687. The van der Waals surface area contributed by atoms with E-state index in [4.69, 9.17) is 11.6 Å². The van der Waals surface area contributed by atoms with E-state index < -0.39 is 11.9 Å². The molecule has 0 saturated carbocycles. The van der Waals surface area contributed by atoms with E-state index in [9.17, 15) is 9.59 Å². The first-order valence-corrected chi connectivity index (χ1v) is 5.96. The number of aromatic nitrogens is 2. The number of nitrogens with one attached hydrogen (secondary N) is 1. The first-order chi connectivity index (χ1) is 9.63. The molecule has 1 N–H and O–H groups in total. The Bertz CT molecular complexity index is 661. The molecule has 0 bridgehead atoms. The van der Waals surface area contributed by atoms with Crippen LogP contribution >= 0.6 is 11.6 Å². The third-order valence-electron chi connectivity index (χ3n) is 2.43. The van der Waals surface area contributed by atoms with Crippen LogP contribution in [0.25, 0.3) is 0 Å². The second-order valence-electron chi connectivity index (χ2n) is 3.68. The van der Waals surface area contributed by atoms with Crippen LogP contribution in [0.1, 0.15) is 20.8 Å². The van der Waals surface area contributed by atoms with E-state index in [-0.39, 0.29) is 17.1 Å². The highest BCUT2D eigenvalue weighted by atomic mass is 35.5. The molecule has 102 valence electrons. The average Bonchev–Trinajstić information content (AvgIpc) is 2.47. The molecule has 0 atom stereocenters. The van der Waals surface area contributed by atoms with Crippen molar-refractivity contribution in [1.29, 1.82) is 0 Å². The summed E-state index contributed by atoms with van der Waals surface area (Å²) in [5.74, 6) is -1.15. The molecule has 1 aromatic heterocycles. The van der Waals surface area contributed by atoms with Gasteiger partial charge in [-0.2, -0.15) is 0 Å². The van der Waals surface area contributed by atoms with Crippen LogP contribution in [0.5, 0.6) is 0 Å². The van der Waals surface area contributed by atoms with E-state index in [0.29, 0.717) is 5.02 Å². The molecule has 0 saturated heterocycles. The minimum Gasteiger partial charge on any atom is -0.464 e. The minimum absolute atomic E-state index is 0.0178. The molecule has 0 aliphatic heterocycles. The Labute approximate surface area is 119 Å². The molecule has 0 unspecified atom stereocenters. The summed E-state index contributed by atoms with van der Waals surface area (Å²) in [6, 6.07) is 6.54. The summed E-state index contributed by atoms with van der Waals surface area (Å²) in [4.78, 5) is 31.3. The molecule has 2 aromatic rings. The molecule has 0 aliphatic rings. The van der Waals surface area contributed by atoms with Crippen molar-refractivity contribution in [2.45, 2.75) is 0 Å². The van der Waals surface area contributed by atoms with Gasteiger partial charge in [0.1, 0.15) is 0 Å². The van der Waals surface area contributed by atoms with Crippen LogP contribution in [-0.4, -0.2) is 29.0 Å². The summed E-state index contributed by atoms with van der Waals surface area (Å²) >= 11 is 5.93. The van der Waals surface area contributed by atoms with Crippen molar-refractivity contribution in [2.75, 3.05) is 12.4 Å². The van der Waals surface area contributed by atoms with Crippen LogP contribution in [0.15, 0.2) is 36.7 Å². The third-order valence-corrected chi connectivity index (χ3v) is 2.76. The standard InChI is InChI=1S/C13H10ClN3O3/c1-20-13(19)10-11(16-7-6-15-10)17-12(18)8-4-2-3-5-9(8)14/h2-7H,1H3,(H,16,17,18). The topological polar surface area (TPSA) is 81.2 Å². The number of benzene rings is 1. The number of anilines is 1. The maximum atomic E-state index is 12.1. The molecular formula is C13H10ClN3O3. The van der Waals surface area contributed by atoms with E-state index in [1.807, 2.05) is 0 Å². The molecule has 2 rings (SSSR count). The summed E-state index contributed by atoms with van der Waals surface area (Å²) in [6.45, 7) is 0. The normalized spacial score (nSPS) is 9.90. The van der Waals surface area contributed by atoms with Crippen molar-refractivity contribution >= 4 is 29.3 Å². The average molecular weight is 292 g/mol. The van der Waals surface area contributed by atoms with Gasteiger partial charge in [0.2, 0.25) is 0 Å². The van der Waals surface area contributed by atoms with Crippen LogP contribution in [0.4, 0.5) is 5.82 Å². The van der Waals surface area contributed by atoms with Gasteiger partial charge in [-0.1, -0.05) is 23.7 Å². The van der Waals surface area contributed by atoms with Gasteiger partial charge in [-0.3, -0.25) is 4.79 Å². The molecule has 0 radical (unpaired) electrons. The lowest BCUT2D eigenvalue weighted by Crippen LogP contribution is -2.18. The molecule has 0 spiro atoms. The SMILES string of the molecule is COC(=O)c1nccnc1NC(=O)c1ccccc1Cl. The molecule has 1 amide bonds. The van der Waals surface area contributed by atoms with Gasteiger partial charge < -0.3 is 10.1 Å². The third kappa shape index (κ3) is 2.92. The fraction of sp³-hybridized carbons (Fsp3) is 0.0769. The summed E-state index contributed by atoms with van der Waals surface area (Å²) in [5, 5.41) is 2.78. The van der Waals surface area contributed by atoms with Gasteiger partial charge in [0.05, 0.1) is 17.7 Å². The second-order valence-corrected chi connectivity index (χ2v) is 4.09. The Balaban J connectivity index is 2.29. The fourth-order valence-corrected chi connectivity index (χ4v) is 1.72. The van der Waals surface area contributed by atoms with Crippen molar-refractivity contribution in [1.82, 2.24) is 9.97 Å². The number of esters is 1. The Kier molecular flexibility index (Phi) is 4.27. The Morgan fingerprint density at radius 2 is 1.90 bits per heavy atom. The molecule has 6 nitrogen and oxygen atoms in total. The monoisotopic (exact) mass is 291 g/mol.